The Hall–Kier alpha value is -3.02. The van der Waals surface area contributed by atoms with Gasteiger partial charge in [0.1, 0.15) is 11.5 Å². The van der Waals surface area contributed by atoms with Crippen molar-refractivity contribution >= 4 is 11.8 Å². The van der Waals surface area contributed by atoms with Crippen molar-refractivity contribution < 1.29 is 19.1 Å². The number of rotatable bonds is 9. The second-order valence-corrected chi connectivity index (χ2v) is 5.75. The van der Waals surface area contributed by atoms with Crippen molar-refractivity contribution in [1.82, 2.24) is 10.6 Å². The van der Waals surface area contributed by atoms with Gasteiger partial charge in [-0.3, -0.25) is 9.59 Å². The van der Waals surface area contributed by atoms with Gasteiger partial charge in [-0.05, 0) is 41.8 Å². The molecular formula is C20H24N2O4. The van der Waals surface area contributed by atoms with E-state index in [4.69, 9.17) is 9.47 Å². The average Bonchev–Trinajstić information content (AvgIpc) is 2.67. The number of amides is 2. The Kier molecular flexibility index (Phi) is 7.49. The smallest absolute Gasteiger partial charge is 0.239 e. The monoisotopic (exact) mass is 356 g/mol. The van der Waals surface area contributed by atoms with Gasteiger partial charge >= 0.3 is 0 Å². The quantitative estimate of drug-likeness (QED) is 0.717. The number of methoxy groups -OCH3 is 2. The van der Waals surface area contributed by atoms with Crippen LogP contribution in [-0.4, -0.2) is 39.1 Å². The van der Waals surface area contributed by atoms with Crippen LogP contribution in [0.15, 0.2) is 48.5 Å². The first-order valence-electron chi connectivity index (χ1n) is 8.40. The number of carbonyl (C=O) groups excluding carboxylic acids is 2. The van der Waals surface area contributed by atoms with Crippen LogP contribution in [0.25, 0.3) is 0 Å². The summed E-state index contributed by atoms with van der Waals surface area (Å²) in [5, 5.41) is 5.42. The second kappa shape index (κ2) is 10.1. The lowest BCUT2D eigenvalue weighted by Gasteiger charge is -2.08. The molecule has 2 aromatic carbocycles. The van der Waals surface area contributed by atoms with Crippen molar-refractivity contribution in [3.05, 3.63) is 59.7 Å². The van der Waals surface area contributed by atoms with Crippen LogP contribution in [0, 0.1) is 0 Å². The van der Waals surface area contributed by atoms with Crippen LogP contribution in [0.5, 0.6) is 11.5 Å². The maximum Gasteiger partial charge on any atom is 0.239 e. The lowest BCUT2D eigenvalue weighted by atomic mass is 10.1. The van der Waals surface area contributed by atoms with Gasteiger partial charge in [-0.25, -0.2) is 0 Å². The third kappa shape index (κ3) is 6.47. The average molecular weight is 356 g/mol. The van der Waals surface area contributed by atoms with Gasteiger partial charge in [0, 0.05) is 6.54 Å². The van der Waals surface area contributed by atoms with Crippen LogP contribution in [-0.2, 0) is 22.4 Å². The molecule has 2 amide bonds. The summed E-state index contributed by atoms with van der Waals surface area (Å²) in [6, 6.07) is 14.9. The molecule has 2 aromatic rings. The Bertz CT molecular complexity index is 712. The molecule has 0 aliphatic rings. The Morgan fingerprint density at radius 3 is 1.85 bits per heavy atom. The summed E-state index contributed by atoms with van der Waals surface area (Å²) < 4.78 is 10.2. The molecule has 0 saturated heterocycles. The number of hydrogen-bond donors (Lipinski definition) is 2. The summed E-state index contributed by atoms with van der Waals surface area (Å²) in [5.41, 5.74) is 1.97. The summed E-state index contributed by atoms with van der Waals surface area (Å²) in [7, 11) is 3.22. The van der Waals surface area contributed by atoms with Crippen LogP contribution in [0.3, 0.4) is 0 Å². The van der Waals surface area contributed by atoms with E-state index >= 15 is 0 Å². The zero-order valence-corrected chi connectivity index (χ0v) is 15.1. The van der Waals surface area contributed by atoms with Crippen LogP contribution in [0.4, 0.5) is 0 Å². The Labute approximate surface area is 153 Å². The maximum absolute atomic E-state index is 11.9. The number of nitrogens with one attached hydrogen (secondary N) is 2. The molecule has 0 atom stereocenters. The lowest BCUT2D eigenvalue weighted by molar-refractivity contribution is -0.125. The molecule has 0 saturated carbocycles. The predicted octanol–water partition coefficient (Wildman–Crippen LogP) is 1.72. The molecule has 0 bridgehead atoms. The molecule has 0 fully saturated rings. The minimum atomic E-state index is -0.207. The summed E-state index contributed by atoms with van der Waals surface area (Å²) in [6.45, 7) is 0.483. The van der Waals surface area contributed by atoms with Crippen LogP contribution >= 0.6 is 0 Å². The normalized spacial score (nSPS) is 10.1. The van der Waals surface area contributed by atoms with Crippen molar-refractivity contribution in [1.29, 1.82) is 0 Å². The molecule has 0 spiro atoms. The molecule has 2 rings (SSSR count). The van der Waals surface area contributed by atoms with Gasteiger partial charge in [0.05, 0.1) is 27.2 Å². The first-order valence-corrected chi connectivity index (χ1v) is 8.40. The Morgan fingerprint density at radius 1 is 0.769 bits per heavy atom. The highest BCUT2D eigenvalue weighted by Crippen LogP contribution is 2.12. The van der Waals surface area contributed by atoms with Crippen LogP contribution in [0.1, 0.15) is 11.1 Å². The van der Waals surface area contributed by atoms with E-state index in [0.717, 1.165) is 29.0 Å². The van der Waals surface area contributed by atoms with E-state index in [1.807, 2.05) is 36.4 Å². The van der Waals surface area contributed by atoms with Gasteiger partial charge in [0.25, 0.3) is 0 Å². The summed E-state index contributed by atoms with van der Waals surface area (Å²) in [6.07, 6.45) is 0.943. The topological polar surface area (TPSA) is 76.7 Å². The molecule has 0 aromatic heterocycles. The van der Waals surface area contributed by atoms with Gasteiger partial charge in [-0.15, -0.1) is 0 Å². The van der Waals surface area contributed by atoms with Crippen molar-refractivity contribution in [3.8, 4) is 11.5 Å². The molecule has 6 nitrogen and oxygen atoms in total. The first kappa shape index (κ1) is 19.3. The molecule has 26 heavy (non-hydrogen) atoms. The number of hydrogen-bond acceptors (Lipinski definition) is 4. The van der Waals surface area contributed by atoms with E-state index in [9.17, 15) is 9.59 Å². The van der Waals surface area contributed by atoms with E-state index in [0.29, 0.717) is 6.54 Å². The number of carbonyl (C=O) groups is 2. The first-order chi connectivity index (χ1) is 12.6. The number of benzene rings is 2. The van der Waals surface area contributed by atoms with E-state index in [-0.39, 0.29) is 24.8 Å². The minimum absolute atomic E-state index is 0.0302. The highest BCUT2D eigenvalue weighted by Gasteiger charge is 2.07. The van der Waals surface area contributed by atoms with E-state index in [2.05, 4.69) is 10.6 Å². The zero-order chi connectivity index (χ0) is 18.8. The third-order valence-corrected chi connectivity index (χ3v) is 3.86. The second-order valence-electron chi connectivity index (χ2n) is 5.75. The molecule has 0 radical (unpaired) electrons. The van der Waals surface area contributed by atoms with Crippen LogP contribution in [0.2, 0.25) is 0 Å². The van der Waals surface area contributed by atoms with E-state index in [1.54, 1.807) is 26.4 Å². The standard InChI is InChI=1S/C20H24N2O4/c1-25-17-7-3-15(4-8-17)11-12-21-20(24)14-22-19(23)13-16-5-9-18(26-2)10-6-16/h3-10H,11-14H2,1-2H3,(H,21,24)(H,22,23). The van der Waals surface area contributed by atoms with Crippen LogP contribution < -0.4 is 20.1 Å². The highest BCUT2D eigenvalue weighted by molar-refractivity contribution is 5.85. The molecule has 6 heteroatoms. The minimum Gasteiger partial charge on any atom is -0.497 e. The highest BCUT2D eigenvalue weighted by atomic mass is 16.5. The fourth-order valence-electron chi connectivity index (χ4n) is 2.37. The van der Waals surface area contributed by atoms with E-state index < -0.39 is 0 Å². The van der Waals surface area contributed by atoms with Crippen molar-refractivity contribution in [2.45, 2.75) is 12.8 Å². The largest absolute Gasteiger partial charge is 0.497 e. The molecule has 2 N–H and O–H groups in total. The summed E-state index contributed by atoms with van der Waals surface area (Å²) >= 11 is 0. The van der Waals surface area contributed by atoms with Crippen molar-refractivity contribution in [2.24, 2.45) is 0 Å². The third-order valence-electron chi connectivity index (χ3n) is 3.86. The van der Waals surface area contributed by atoms with Gasteiger partial charge < -0.3 is 20.1 Å². The van der Waals surface area contributed by atoms with Gasteiger partial charge in [0.15, 0.2) is 0 Å². The fraction of sp³-hybridized carbons (Fsp3) is 0.300. The molecule has 0 heterocycles. The molecule has 0 aliphatic heterocycles. The summed E-state index contributed by atoms with van der Waals surface area (Å²) in [5.74, 6) is 1.14. The molecule has 138 valence electrons. The van der Waals surface area contributed by atoms with Crippen molar-refractivity contribution in [2.75, 3.05) is 27.3 Å². The van der Waals surface area contributed by atoms with Gasteiger partial charge in [0.2, 0.25) is 11.8 Å². The van der Waals surface area contributed by atoms with E-state index in [1.165, 1.54) is 0 Å². The van der Waals surface area contributed by atoms with Crippen molar-refractivity contribution in [3.63, 3.8) is 0 Å². The van der Waals surface area contributed by atoms with Gasteiger partial charge in [-0.2, -0.15) is 0 Å². The summed E-state index contributed by atoms with van der Waals surface area (Å²) in [4.78, 5) is 23.7. The lowest BCUT2D eigenvalue weighted by Crippen LogP contribution is -2.38. The zero-order valence-electron chi connectivity index (χ0n) is 15.1. The number of ether oxygens (including phenoxy) is 2. The molecule has 0 unspecified atom stereocenters. The maximum atomic E-state index is 11.9. The van der Waals surface area contributed by atoms with Gasteiger partial charge in [-0.1, -0.05) is 24.3 Å². The fourth-order valence-corrected chi connectivity index (χ4v) is 2.37. The Morgan fingerprint density at radius 2 is 1.31 bits per heavy atom. The molecule has 0 aliphatic carbocycles. The predicted molar refractivity (Wildman–Crippen MR) is 99.4 cm³/mol. The molecular weight excluding hydrogens is 332 g/mol. The SMILES string of the molecule is COc1ccc(CCNC(=O)CNC(=O)Cc2ccc(OC)cc2)cc1. The Balaban J connectivity index is 1.64.